The molecule has 0 spiro atoms. The minimum absolute atomic E-state index is 0.0197. The summed E-state index contributed by atoms with van der Waals surface area (Å²) in [5.74, 6) is 0. The normalized spacial score (nSPS) is 17.3. The van der Waals surface area contributed by atoms with E-state index in [-0.39, 0.29) is 12.8 Å². The van der Waals surface area contributed by atoms with Gasteiger partial charge < -0.3 is 5.11 Å². The molecular formula is C7H16O4S. The molecule has 0 aromatic rings. The second kappa shape index (κ2) is 4.20. The number of unbranched alkanes of at least 4 members (excludes halogenated alkanes) is 1. The van der Waals surface area contributed by atoms with Gasteiger partial charge in [0.25, 0.3) is 10.1 Å². The van der Waals surface area contributed by atoms with Crippen LogP contribution in [-0.2, 0) is 10.1 Å². The Hall–Kier alpha value is -0.130. The highest BCUT2D eigenvalue weighted by Crippen LogP contribution is 2.23. The van der Waals surface area contributed by atoms with Gasteiger partial charge in [-0.25, -0.2) is 0 Å². The quantitative estimate of drug-likeness (QED) is 0.647. The van der Waals surface area contributed by atoms with Crippen molar-refractivity contribution in [3.8, 4) is 0 Å². The van der Waals surface area contributed by atoms with Gasteiger partial charge in [0.05, 0.1) is 0 Å². The lowest BCUT2D eigenvalue weighted by Crippen LogP contribution is -2.37. The smallest absolute Gasteiger partial charge is 0.294 e. The first-order chi connectivity index (χ1) is 5.37. The molecule has 0 rings (SSSR count). The highest BCUT2D eigenvalue weighted by Gasteiger charge is 2.37. The number of hydrogen-bond acceptors (Lipinski definition) is 3. The van der Waals surface area contributed by atoms with E-state index >= 15 is 0 Å². The van der Waals surface area contributed by atoms with Gasteiger partial charge in [0.15, 0.2) is 4.93 Å². The third kappa shape index (κ3) is 2.73. The van der Waals surface area contributed by atoms with Crippen molar-refractivity contribution in [2.24, 2.45) is 0 Å². The molecule has 0 saturated carbocycles. The Morgan fingerprint density at radius 3 is 2.08 bits per heavy atom. The Morgan fingerprint density at radius 1 is 1.33 bits per heavy atom. The van der Waals surface area contributed by atoms with Crippen molar-refractivity contribution in [3.05, 3.63) is 0 Å². The summed E-state index contributed by atoms with van der Waals surface area (Å²) >= 11 is 0. The number of rotatable bonds is 5. The van der Waals surface area contributed by atoms with E-state index in [9.17, 15) is 13.5 Å². The largest absolute Gasteiger partial charge is 0.372 e. The van der Waals surface area contributed by atoms with Crippen LogP contribution in [-0.4, -0.2) is 23.0 Å². The minimum Gasteiger partial charge on any atom is -0.372 e. The molecule has 0 amide bonds. The summed E-state index contributed by atoms with van der Waals surface area (Å²) in [6.45, 7) is 3.42. The van der Waals surface area contributed by atoms with E-state index < -0.39 is 15.1 Å². The monoisotopic (exact) mass is 196 g/mol. The molecule has 0 aliphatic heterocycles. The summed E-state index contributed by atoms with van der Waals surface area (Å²) in [6, 6.07) is 0. The summed E-state index contributed by atoms with van der Waals surface area (Å²) in [7, 11) is -4.33. The van der Waals surface area contributed by atoms with Crippen LogP contribution in [0, 0.1) is 0 Å². The van der Waals surface area contributed by atoms with Gasteiger partial charge >= 0.3 is 0 Å². The van der Waals surface area contributed by atoms with Crippen molar-refractivity contribution in [1.29, 1.82) is 0 Å². The van der Waals surface area contributed by atoms with E-state index in [2.05, 4.69) is 0 Å². The van der Waals surface area contributed by atoms with Crippen LogP contribution < -0.4 is 0 Å². The van der Waals surface area contributed by atoms with Crippen molar-refractivity contribution < 1.29 is 18.1 Å². The summed E-state index contributed by atoms with van der Waals surface area (Å²) in [6.07, 6.45) is 1.49. The van der Waals surface area contributed by atoms with Crippen LogP contribution in [0.1, 0.15) is 39.5 Å². The van der Waals surface area contributed by atoms with Gasteiger partial charge in [-0.15, -0.1) is 0 Å². The third-order valence-electron chi connectivity index (χ3n) is 1.95. The molecule has 0 heterocycles. The average Bonchev–Trinajstić information content (AvgIpc) is 1.98. The van der Waals surface area contributed by atoms with Gasteiger partial charge in [0.2, 0.25) is 0 Å². The second-order valence-electron chi connectivity index (χ2n) is 2.88. The molecule has 0 fully saturated rings. The predicted octanol–water partition coefficient (Wildman–Crippen LogP) is 1.16. The molecule has 0 radical (unpaired) electrons. The maximum absolute atomic E-state index is 10.7. The lowest BCUT2D eigenvalue weighted by Gasteiger charge is -2.22. The molecule has 0 aromatic heterocycles. The fourth-order valence-electron chi connectivity index (χ4n) is 0.941. The Kier molecular flexibility index (Phi) is 4.16. The number of aliphatic hydroxyl groups is 1. The Labute approximate surface area is 73.4 Å². The van der Waals surface area contributed by atoms with Crippen LogP contribution in [0.5, 0.6) is 0 Å². The SMILES string of the molecule is CCCCC(O)(CC)S(=O)(=O)O. The average molecular weight is 196 g/mol. The highest BCUT2D eigenvalue weighted by atomic mass is 32.2. The number of hydrogen-bond donors (Lipinski definition) is 2. The maximum Gasteiger partial charge on any atom is 0.294 e. The van der Waals surface area contributed by atoms with Crippen molar-refractivity contribution in [1.82, 2.24) is 0 Å². The van der Waals surface area contributed by atoms with Crippen molar-refractivity contribution >= 4 is 10.1 Å². The molecule has 0 aliphatic carbocycles. The van der Waals surface area contributed by atoms with Gasteiger partial charge in [-0.2, -0.15) is 8.42 Å². The first-order valence-corrected chi connectivity index (χ1v) is 5.51. The van der Waals surface area contributed by atoms with Gasteiger partial charge in [-0.1, -0.05) is 20.3 Å². The highest BCUT2D eigenvalue weighted by molar-refractivity contribution is 7.87. The van der Waals surface area contributed by atoms with Crippen molar-refractivity contribution in [3.63, 3.8) is 0 Å². The molecule has 1 unspecified atom stereocenters. The molecule has 1 atom stereocenters. The van der Waals surface area contributed by atoms with E-state index in [4.69, 9.17) is 4.55 Å². The van der Waals surface area contributed by atoms with Crippen molar-refractivity contribution in [2.45, 2.75) is 44.5 Å². The topological polar surface area (TPSA) is 74.6 Å². The fourth-order valence-corrected chi connectivity index (χ4v) is 1.71. The zero-order chi connectivity index (χ0) is 9.83. The molecule has 0 aromatic carbocycles. The first kappa shape index (κ1) is 11.9. The second-order valence-corrected chi connectivity index (χ2v) is 4.59. The standard InChI is InChI=1S/C7H16O4S/c1-3-5-6-7(8,4-2)12(9,10)11/h8H,3-6H2,1-2H3,(H,9,10,11). The predicted molar refractivity (Wildman–Crippen MR) is 46.3 cm³/mol. The molecule has 0 saturated heterocycles. The van der Waals surface area contributed by atoms with E-state index in [0.29, 0.717) is 6.42 Å². The lowest BCUT2D eigenvalue weighted by atomic mass is 10.1. The first-order valence-electron chi connectivity index (χ1n) is 4.06. The molecular weight excluding hydrogens is 180 g/mol. The van der Waals surface area contributed by atoms with E-state index in [1.165, 1.54) is 6.92 Å². The minimum atomic E-state index is -4.33. The van der Waals surface area contributed by atoms with Crippen LogP contribution >= 0.6 is 0 Å². The van der Waals surface area contributed by atoms with Crippen molar-refractivity contribution in [2.75, 3.05) is 0 Å². The van der Waals surface area contributed by atoms with E-state index in [1.807, 2.05) is 6.92 Å². The molecule has 0 aliphatic rings. The van der Waals surface area contributed by atoms with E-state index in [1.54, 1.807) is 0 Å². The maximum atomic E-state index is 10.7. The molecule has 74 valence electrons. The summed E-state index contributed by atoms with van der Waals surface area (Å²) in [5.41, 5.74) is 0. The van der Waals surface area contributed by atoms with E-state index in [0.717, 1.165) is 6.42 Å². The molecule has 12 heavy (non-hydrogen) atoms. The van der Waals surface area contributed by atoms with Gasteiger partial charge in [0.1, 0.15) is 0 Å². The van der Waals surface area contributed by atoms with Crippen LogP contribution in [0.3, 0.4) is 0 Å². The van der Waals surface area contributed by atoms with Crippen LogP contribution in [0.4, 0.5) is 0 Å². The molecule has 0 bridgehead atoms. The lowest BCUT2D eigenvalue weighted by molar-refractivity contribution is 0.0971. The van der Waals surface area contributed by atoms with Gasteiger partial charge in [-0.3, -0.25) is 4.55 Å². The Bertz CT molecular complexity index is 222. The molecule has 4 nitrogen and oxygen atoms in total. The zero-order valence-corrected chi connectivity index (χ0v) is 8.26. The summed E-state index contributed by atoms with van der Waals surface area (Å²) in [5, 5.41) is 9.45. The summed E-state index contributed by atoms with van der Waals surface area (Å²) < 4.78 is 30.1. The Balaban J connectivity index is 4.47. The van der Waals surface area contributed by atoms with Gasteiger partial charge in [0, 0.05) is 0 Å². The fraction of sp³-hybridized carbons (Fsp3) is 1.00. The zero-order valence-electron chi connectivity index (χ0n) is 7.45. The summed E-state index contributed by atoms with van der Waals surface area (Å²) in [4.78, 5) is -1.94. The molecule has 2 N–H and O–H groups in total. The molecule has 5 heteroatoms. The Morgan fingerprint density at radius 2 is 1.83 bits per heavy atom. The third-order valence-corrected chi connectivity index (χ3v) is 3.41. The van der Waals surface area contributed by atoms with Crippen LogP contribution in [0.25, 0.3) is 0 Å². The van der Waals surface area contributed by atoms with Gasteiger partial charge in [-0.05, 0) is 19.3 Å². The van der Waals surface area contributed by atoms with Crippen LogP contribution in [0.15, 0.2) is 0 Å². The van der Waals surface area contributed by atoms with Crippen LogP contribution in [0.2, 0.25) is 0 Å².